The average molecular weight is 1570 g/mol. The molecule has 0 radical (unpaired) electrons. The first-order chi connectivity index (χ1) is 53.7. The molecule has 0 fully saturated rings. The lowest BCUT2D eigenvalue weighted by Gasteiger charge is -2.21. The molecule has 0 saturated carbocycles. The minimum Gasteiger partial charge on any atom is -0.462 e. The van der Waals surface area contributed by atoms with E-state index in [1.807, 2.05) is 30.4 Å². The van der Waals surface area contributed by atoms with Crippen LogP contribution in [0.25, 0.3) is 0 Å². The second-order valence-electron chi connectivity index (χ2n) is 26.6. The molecule has 17 nitrogen and oxygen atoms in total. The standard InChI is InChI=1S/C91H144O17P2/c1-5-9-13-17-21-25-29-33-37-40-42-45-48-51-55-59-63-67-71-75-88(93)101-81-86(107-90(95)77-73-69-65-61-57-53-47-36-32-28-24-20-16-12-8-4)83-105-109(97,98)103-79-85(92)80-104-110(99,100)106-84-87(108-91(96)78-74-70-66-62-58-54-50-44-39-35-31-27-23-19-15-11-7-3)82-102-89(94)76-72-68-64-60-56-52-49-46-43-41-38-34-30-26-22-18-14-10-6-2/h9-11,13-15,21-23,25-27,33-39,42-43,45-47,50-52,54-56,62-63,66-67,85-87,92H,5-8,12,16-20,24,28-32,40-41,44,48-49,53,57-61,64-65,68-84H2,1-4H3,(H,97,98)(H,99,100)/b13-9-,14-10-,15-11-,25-21-,26-22-,27-23-,37-33-,38-34-,39-35-,45-42-,46-43-,47-36-,54-50-,55-51-,56-52-,66-62-,67-63-. The number of esters is 4. The van der Waals surface area contributed by atoms with E-state index in [-0.39, 0.29) is 25.7 Å². The van der Waals surface area contributed by atoms with Crippen molar-refractivity contribution in [1.82, 2.24) is 0 Å². The molecule has 0 spiro atoms. The Labute approximate surface area is 665 Å². The lowest BCUT2D eigenvalue weighted by Crippen LogP contribution is -2.30. The molecule has 0 saturated heterocycles. The van der Waals surface area contributed by atoms with Crippen LogP contribution in [0.15, 0.2) is 207 Å². The van der Waals surface area contributed by atoms with Gasteiger partial charge in [-0.3, -0.25) is 37.3 Å². The predicted molar refractivity (Wildman–Crippen MR) is 454 cm³/mol. The number of ether oxygens (including phenoxy) is 4. The van der Waals surface area contributed by atoms with E-state index < -0.39 is 97.5 Å². The van der Waals surface area contributed by atoms with Gasteiger partial charge in [-0.1, -0.05) is 292 Å². The molecule has 5 atom stereocenters. The number of rotatable bonds is 75. The average Bonchev–Trinajstić information content (AvgIpc) is 0.899. The molecule has 0 rings (SSSR count). The summed E-state index contributed by atoms with van der Waals surface area (Å²) < 4.78 is 68.5. The number of unbranched alkanes of at least 4 members (excludes halogenated alkanes) is 15. The van der Waals surface area contributed by atoms with Crippen molar-refractivity contribution in [1.29, 1.82) is 0 Å². The zero-order valence-corrected chi connectivity index (χ0v) is 69.6. The van der Waals surface area contributed by atoms with Crippen molar-refractivity contribution in [3.05, 3.63) is 207 Å². The molecule has 19 heteroatoms. The molecule has 0 aliphatic heterocycles. The van der Waals surface area contributed by atoms with Crippen LogP contribution in [0.4, 0.5) is 0 Å². The molecule has 620 valence electrons. The van der Waals surface area contributed by atoms with E-state index in [0.29, 0.717) is 38.5 Å². The van der Waals surface area contributed by atoms with Gasteiger partial charge in [0.2, 0.25) is 0 Å². The zero-order valence-electron chi connectivity index (χ0n) is 67.8. The molecular weight excluding hydrogens is 1430 g/mol. The topological polar surface area (TPSA) is 237 Å². The molecule has 5 unspecified atom stereocenters. The fraction of sp³-hybridized carbons (Fsp3) is 0.582. The molecule has 0 aromatic heterocycles. The Bertz CT molecular complexity index is 2900. The van der Waals surface area contributed by atoms with Crippen LogP contribution in [0.5, 0.6) is 0 Å². The van der Waals surface area contributed by atoms with Gasteiger partial charge in [-0.2, -0.15) is 0 Å². The number of carbonyl (C=O) groups is 4. The zero-order chi connectivity index (χ0) is 80.3. The molecule has 3 N–H and O–H groups in total. The quantitative estimate of drug-likeness (QED) is 0.0169. The molecule has 0 bridgehead atoms. The fourth-order valence-corrected chi connectivity index (χ4v) is 11.6. The first-order valence-electron chi connectivity index (χ1n) is 41.3. The monoisotopic (exact) mass is 1570 g/mol. The Kier molecular flexibility index (Phi) is 76.0. The van der Waals surface area contributed by atoms with Gasteiger partial charge in [-0.05, 0) is 173 Å². The number of phosphoric acid groups is 2. The highest BCUT2D eigenvalue weighted by atomic mass is 31.2. The molecule has 0 amide bonds. The second-order valence-corrected chi connectivity index (χ2v) is 29.5. The SMILES string of the molecule is CC/C=C\C/C=C\C/C=C\C/C=C\C/C=C\C/C=C\CCC(=O)OCC(COP(=O)(O)OCC(O)COP(=O)(O)OCC(COC(=O)CCCCC/C=C\C/C=C\C/C=C\C/C=C\C/C=C\CC)OC(=O)CCC/C=C\C/C=C\C/C=C\C/C=C\C/C=C\CC)OC(=O)CCCCCCC/C=C\CCCCCCCC. The molecule has 0 aliphatic rings. The highest BCUT2D eigenvalue weighted by molar-refractivity contribution is 7.47. The smallest absolute Gasteiger partial charge is 0.462 e. The highest BCUT2D eigenvalue weighted by Crippen LogP contribution is 2.45. The lowest BCUT2D eigenvalue weighted by molar-refractivity contribution is -0.161. The van der Waals surface area contributed by atoms with E-state index in [0.717, 1.165) is 154 Å². The van der Waals surface area contributed by atoms with Gasteiger partial charge in [-0.15, -0.1) is 0 Å². The molecule has 110 heavy (non-hydrogen) atoms. The van der Waals surface area contributed by atoms with Crippen molar-refractivity contribution in [2.45, 2.75) is 303 Å². The third-order valence-corrected chi connectivity index (χ3v) is 18.1. The van der Waals surface area contributed by atoms with Gasteiger partial charge in [0.1, 0.15) is 19.3 Å². The van der Waals surface area contributed by atoms with Crippen LogP contribution >= 0.6 is 15.6 Å². The number of phosphoric ester groups is 2. The third kappa shape index (κ3) is 79.7. The molecular formula is C91H144O17P2. The summed E-state index contributed by atoms with van der Waals surface area (Å²) in [6.07, 6.45) is 101. The number of hydrogen-bond acceptors (Lipinski definition) is 15. The van der Waals surface area contributed by atoms with Crippen molar-refractivity contribution in [2.75, 3.05) is 39.6 Å². The maximum Gasteiger partial charge on any atom is 0.472 e. The summed E-state index contributed by atoms with van der Waals surface area (Å²) in [7, 11) is -10.0. The van der Waals surface area contributed by atoms with Crippen molar-refractivity contribution < 1.29 is 80.2 Å². The Morgan fingerprint density at radius 3 is 0.836 bits per heavy atom. The van der Waals surface area contributed by atoms with Gasteiger partial charge in [0.05, 0.1) is 26.4 Å². The molecule has 0 heterocycles. The maximum absolute atomic E-state index is 13.1. The van der Waals surface area contributed by atoms with E-state index in [4.69, 9.17) is 37.0 Å². The van der Waals surface area contributed by atoms with Crippen LogP contribution < -0.4 is 0 Å². The van der Waals surface area contributed by atoms with Crippen molar-refractivity contribution in [3.8, 4) is 0 Å². The fourth-order valence-electron chi connectivity index (χ4n) is 10.1. The maximum atomic E-state index is 13.1. The van der Waals surface area contributed by atoms with Crippen molar-refractivity contribution in [3.63, 3.8) is 0 Å². The Hall–Kier alpha value is -6.36. The van der Waals surface area contributed by atoms with Gasteiger partial charge in [-0.25, -0.2) is 9.13 Å². The summed E-state index contributed by atoms with van der Waals surface area (Å²) in [5, 5.41) is 10.7. The van der Waals surface area contributed by atoms with Crippen molar-refractivity contribution >= 4 is 39.5 Å². The first kappa shape index (κ1) is 104. The number of aliphatic hydroxyl groups excluding tert-OH is 1. The normalized spacial score (nSPS) is 14.9. The van der Waals surface area contributed by atoms with Crippen LogP contribution in [0.2, 0.25) is 0 Å². The minimum absolute atomic E-state index is 0.00171. The molecule has 0 aliphatic carbocycles. The van der Waals surface area contributed by atoms with Crippen LogP contribution in [0.1, 0.15) is 285 Å². The minimum atomic E-state index is -5.02. The van der Waals surface area contributed by atoms with Gasteiger partial charge in [0.25, 0.3) is 0 Å². The van der Waals surface area contributed by atoms with E-state index in [1.165, 1.54) is 38.5 Å². The summed E-state index contributed by atoms with van der Waals surface area (Å²) in [6, 6.07) is 0. The van der Waals surface area contributed by atoms with E-state index in [9.17, 15) is 43.2 Å². The highest BCUT2D eigenvalue weighted by Gasteiger charge is 2.30. The van der Waals surface area contributed by atoms with Crippen LogP contribution in [0.3, 0.4) is 0 Å². The third-order valence-electron chi connectivity index (χ3n) is 16.2. The Morgan fingerprint density at radius 2 is 0.500 bits per heavy atom. The van der Waals surface area contributed by atoms with Gasteiger partial charge >= 0.3 is 39.5 Å². The summed E-state index contributed by atoms with van der Waals surface area (Å²) in [5.41, 5.74) is 0. The summed E-state index contributed by atoms with van der Waals surface area (Å²) in [4.78, 5) is 73.1. The lowest BCUT2D eigenvalue weighted by atomic mass is 10.1. The van der Waals surface area contributed by atoms with E-state index >= 15 is 0 Å². The largest absolute Gasteiger partial charge is 0.472 e. The molecule has 0 aromatic rings. The number of allylic oxidation sites excluding steroid dienone is 34. The number of hydrogen-bond donors (Lipinski definition) is 3. The first-order valence-corrected chi connectivity index (χ1v) is 44.3. The Morgan fingerprint density at radius 1 is 0.264 bits per heavy atom. The Balaban J connectivity index is 5.55. The number of carbonyl (C=O) groups excluding carboxylic acids is 4. The van der Waals surface area contributed by atoms with Gasteiger partial charge in [0.15, 0.2) is 12.2 Å². The van der Waals surface area contributed by atoms with Gasteiger partial charge in [0, 0.05) is 25.7 Å². The summed E-state index contributed by atoms with van der Waals surface area (Å²) in [6.45, 7) is 4.31. The van der Waals surface area contributed by atoms with Gasteiger partial charge < -0.3 is 33.8 Å². The summed E-state index contributed by atoms with van der Waals surface area (Å²) >= 11 is 0. The van der Waals surface area contributed by atoms with Crippen LogP contribution in [0, 0.1) is 0 Å². The summed E-state index contributed by atoms with van der Waals surface area (Å²) in [5.74, 6) is -2.41. The van der Waals surface area contributed by atoms with Crippen LogP contribution in [-0.4, -0.2) is 96.7 Å². The van der Waals surface area contributed by atoms with E-state index in [1.54, 1.807) is 0 Å². The van der Waals surface area contributed by atoms with Crippen LogP contribution in [-0.2, 0) is 65.4 Å². The molecule has 0 aromatic carbocycles. The van der Waals surface area contributed by atoms with E-state index in [2.05, 4.69) is 204 Å². The van der Waals surface area contributed by atoms with Crippen molar-refractivity contribution in [2.24, 2.45) is 0 Å². The second kappa shape index (κ2) is 80.7. The predicted octanol–water partition coefficient (Wildman–Crippen LogP) is 24.7. The number of aliphatic hydroxyl groups is 1.